The molecule has 7 nitrogen and oxygen atoms in total. The van der Waals surface area contributed by atoms with Crippen LogP contribution < -0.4 is 19.6 Å². The van der Waals surface area contributed by atoms with Crippen molar-refractivity contribution in [1.29, 1.82) is 0 Å². The average Bonchev–Trinajstić information content (AvgIpc) is 3.50. The first-order chi connectivity index (χ1) is 22.6. The molecule has 0 unspecified atom stereocenters. The van der Waals surface area contributed by atoms with Crippen molar-refractivity contribution in [2.75, 3.05) is 76.0 Å². The van der Waals surface area contributed by atoms with Gasteiger partial charge in [0.2, 0.25) is 0 Å². The van der Waals surface area contributed by atoms with Gasteiger partial charge in [-0.25, -0.2) is 4.68 Å². The largest absolute Gasteiger partial charge is 0.378 e. The van der Waals surface area contributed by atoms with Gasteiger partial charge >= 0.3 is 0 Å². The Bertz CT molecular complexity index is 1820. The molecule has 0 aliphatic carbocycles. The second-order valence-corrected chi connectivity index (χ2v) is 13.0. The second-order valence-electron chi connectivity index (χ2n) is 13.0. The lowest BCUT2D eigenvalue weighted by molar-refractivity contribution is 0.589. The van der Waals surface area contributed by atoms with Crippen LogP contribution in [0.3, 0.4) is 0 Å². The number of hydrogen-bond donors (Lipinski definition) is 0. The van der Waals surface area contributed by atoms with Crippen molar-refractivity contribution in [3.63, 3.8) is 0 Å². The number of benzene rings is 5. The van der Waals surface area contributed by atoms with Gasteiger partial charge in [0.25, 0.3) is 0 Å². The zero-order valence-corrected chi connectivity index (χ0v) is 28.8. The molecule has 240 valence electrons. The molecule has 0 bridgehead atoms. The maximum atomic E-state index is 4.93. The third kappa shape index (κ3) is 6.39. The Balaban J connectivity index is 1.52. The van der Waals surface area contributed by atoms with Gasteiger partial charge in [-0.15, -0.1) is 5.10 Å². The minimum Gasteiger partial charge on any atom is -0.378 e. The molecular formula is C40H45N7. The van der Waals surface area contributed by atoms with E-state index in [2.05, 4.69) is 196 Å². The zero-order valence-electron chi connectivity index (χ0n) is 28.8. The van der Waals surface area contributed by atoms with Gasteiger partial charge in [-0.1, -0.05) is 65.9 Å². The van der Waals surface area contributed by atoms with E-state index in [0.29, 0.717) is 0 Å². The monoisotopic (exact) mass is 623 g/mol. The molecule has 6 aromatic rings. The van der Waals surface area contributed by atoms with Crippen molar-refractivity contribution < 1.29 is 0 Å². The highest BCUT2D eigenvalue weighted by molar-refractivity contribution is 5.81. The standard InChI is InChI=1S/C40H45N7/c1-43(2)32-20-12-28(13-21-32)38(29-14-22-33(23-15-29)44(3)4)36-10-9-11-37-39(36)41-42-47(37)40(30-16-24-34(25-17-30)45(5)6)31-18-26-35(27-19-31)46(7)8/h9-27,38,40H,1-8H3. The summed E-state index contributed by atoms with van der Waals surface area (Å²) in [6.07, 6.45) is 0. The molecule has 0 fully saturated rings. The predicted octanol–water partition coefficient (Wildman–Crippen LogP) is 7.51. The highest BCUT2D eigenvalue weighted by Crippen LogP contribution is 2.38. The molecule has 6 rings (SSSR count). The van der Waals surface area contributed by atoms with Crippen LogP contribution in [0.2, 0.25) is 0 Å². The van der Waals surface area contributed by atoms with Crippen LogP contribution in [-0.4, -0.2) is 71.4 Å². The van der Waals surface area contributed by atoms with Crippen molar-refractivity contribution >= 4 is 33.8 Å². The summed E-state index contributed by atoms with van der Waals surface area (Å²) >= 11 is 0. The average molecular weight is 624 g/mol. The number of rotatable bonds is 10. The summed E-state index contributed by atoms with van der Waals surface area (Å²) in [5.74, 6) is -0.0199. The molecule has 0 spiro atoms. The number of nitrogens with zero attached hydrogens (tertiary/aromatic N) is 7. The maximum Gasteiger partial charge on any atom is 0.117 e. The molecule has 0 aliphatic heterocycles. The number of fused-ring (bicyclic) bond motifs is 1. The maximum absolute atomic E-state index is 4.93. The van der Waals surface area contributed by atoms with Crippen LogP contribution in [-0.2, 0) is 0 Å². The third-order valence-corrected chi connectivity index (χ3v) is 9.03. The number of hydrogen-bond acceptors (Lipinski definition) is 6. The van der Waals surface area contributed by atoms with Crippen LogP contribution in [0.15, 0.2) is 115 Å². The first-order valence-electron chi connectivity index (χ1n) is 16.1. The highest BCUT2D eigenvalue weighted by atomic mass is 15.4. The van der Waals surface area contributed by atoms with E-state index in [-0.39, 0.29) is 12.0 Å². The van der Waals surface area contributed by atoms with E-state index >= 15 is 0 Å². The summed E-state index contributed by atoms with van der Waals surface area (Å²) in [5.41, 5.74) is 12.4. The van der Waals surface area contributed by atoms with Crippen LogP contribution in [0.5, 0.6) is 0 Å². The van der Waals surface area contributed by atoms with Gasteiger partial charge in [-0.2, -0.15) is 0 Å². The Morgan fingerprint density at radius 2 is 0.809 bits per heavy atom. The Morgan fingerprint density at radius 3 is 1.17 bits per heavy atom. The highest BCUT2D eigenvalue weighted by Gasteiger charge is 2.25. The molecule has 0 saturated heterocycles. The van der Waals surface area contributed by atoms with Crippen molar-refractivity contribution in [1.82, 2.24) is 15.0 Å². The van der Waals surface area contributed by atoms with E-state index in [9.17, 15) is 0 Å². The lowest BCUT2D eigenvalue weighted by atomic mass is 9.84. The molecule has 5 aromatic carbocycles. The van der Waals surface area contributed by atoms with E-state index < -0.39 is 0 Å². The summed E-state index contributed by atoms with van der Waals surface area (Å²) in [6, 6.07) is 41.6. The fourth-order valence-electron chi connectivity index (χ4n) is 6.27. The van der Waals surface area contributed by atoms with E-state index in [4.69, 9.17) is 10.3 Å². The molecule has 0 saturated carbocycles. The number of anilines is 4. The van der Waals surface area contributed by atoms with Crippen molar-refractivity contribution in [3.05, 3.63) is 143 Å². The quantitative estimate of drug-likeness (QED) is 0.147. The second kappa shape index (κ2) is 13.2. The molecular weight excluding hydrogens is 578 g/mol. The van der Waals surface area contributed by atoms with Crippen LogP contribution in [0.4, 0.5) is 22.7 Å². The minimum atomic E-state index is -0.153. The first-order valence-corrected chi connectivity index (χ1v) is 16.1. The van der Waals surface area contributed by atoms with Gasteiger partial charge in [0.1, 0.15) is 11.6 Å². The van der Waals surface area contributed by atoms with E-state index in [1.54, 1.807) is 0 Å². The molecule has 0 amide bonds. The van der Waals surface area contributed by atoms with Gasteiger partial charge < -0.3 is 19.6 Å². The molecule has 7 heteroatoms. The molecule has 0 radical (unpaired) electrons. The van der Waals surface area contributed by atoms with Gasteiger partial charge in [-0.3, -0.25) is 0 Å². The lowest BCUT2D eigenvalue weighted by Crippen LogP contribution is -2.15. The fourth-order valence-corrected chi connectivity index (χ4v) is 6.27. The summed E-state index contributed by atoms with van der Waals surface area (Å²) in [5, 5.41) is 9.83. The van der Waals surface area contributed by atoms with Crippen LogP contribution >= 0.6 is 0 Å². The van der Waals surface area contributed by atoms with E-state index in [1.807, 2.05) is 0 Å². The van der Waals surface area contributed by atoms with Crippen molar-refractivity contribution in [2.24, 2.45) is 0 Å². The SMILES string of the molecule is CN(C)c1ccc(C(c2ccc(N(C)C)cc2)c2cccc3c2nnn3C(c2ccc(N(C)C)cc2)c2ccc(N(C)C)cc2)cc1. The predicted molar refractivity (Wildman–Crippen MR) is 199 cm³/mol. The molecule has 1 aromatic heterocycles. The van der Waals surface area contributed by atoms with Gasteiger partial charge in [-0.05, 0) is 82.4 Å². The molecule has 47 heavy (non-hydrogen) atoms. The topological polar surface area (TPSA) is 43.7 Å². The van der Waals surface area contributed by atoms with Crippen LogP contribution in [0.25, 0.3) is 11.0 Å². The molecule has 0 aliphatic rings. The first kappa shape index (κ1) is 31.7. The zero-order chi connectivity index (χ0) is 33.2. The molecule has 0 atom stereocenters. The normalized spacial score (nSPS) is 11.4. The van der Waals surface area contributed by atoms with Crippen molar-refractivity contribution in [2.45, 2.75) is 12.0 Å². The Hall–Kier alpha value is -5.30. The molecule has 0 N–H and O–H groups in total. The van der Waals surface area contributed by atoms with Gasteiger partial charge in [0, 0.05) is 85.0 Å². The van der Waals surface area contributed by atoms with Crippen LogP contribution in [0.1, 0.15) is 39.8 Å². The Morgan fingerprint density at radius 1 is 0.447 bits per heavy atom. The third-order valence-electron chi connectivity index (χ3n) is 9.03. The Kier molecular flexibility index (Phi) is 8.90. The van der Waals surface area contributed by atoms with Gasteiger partial charge in [0.15, 0.2) is 0 Å². The lowest BCUT2D eigenvalue weighted by Gasteiger charge is -2.23. The summed E-state index contributed by atoms with van der Waals surface area (Å²) in [6.45, 7) is 0. The summed E-state index contributed by atoms with van der Waals surface area (Å²) in [4.78, 5) is 8.51. The van der Waals surface area contributed by atoms with Gasteiger partial charge in [0.05, 0.1) is 5.52 Å². The van der Waals surface area contributed by atoms with Crippen LogP contribution in [0, 0.1) is 0 Å². The summed E-state index contributed by atoms with van der Waals surface area (Å²) in [7, 11) is 16.6. The number of aromatic nitrogens is 3. The van der Waals surface area contributed by atoms with Crippen molar-refractivity contribution in [3.8, 4) is 0 Å². The molecule has 1 heterocycles. The van der Waals surface area contributed by atoms with E-state index in [0.717, 1.165) is 39.1 Å². The minimum absolute atomic E-state index is 0.0199. The smallest absolute Gasteiger partial charge is 0.117 e. The Labute approximate surface area is 279 Å². The van der Waals surface area contributed by atoms with E-state index in [1.165, 1.54) is 22.5 Å². The fraction of sp³-hybridized carbons (Fsp3) is 0.250. The summed E-state index contributed by atoms with van der Waals surface area (Å²) < 4.78 is 2.09.